The van der Waals surface area contributed by atoms with Gasteiger partial charge in [0.25, 0.3) is 15.9 Å². The van der Waals surface area contributed by atoms with Gasteiger partial charge in [-0.3, -0.25) is 9.89 Å². The fourth-order valence-electron chi connectivity index (χ4n) is 2.87. The number of benzene rings is 2. The highest BCUT2D eigenvalue weighted by atomic mass is 32.2. The second-order valence-electron chi connectivity index (χ2n) is 6.51. The van der Waals surface area contributed by atoms with Crippen LogP contribution in [-0.4, -0.2) is 24.5 Å². The lowest BCUT2D eigenvalue weighted by Crippen LogP contribution is -2.31. The van der Waals surface area contributed by atoms with Crippen molar-refractivity contribution < 1.29 is 13.2 Å². The summed E-state index contributed by atoms with van der Waals surface area (Å²) < 4.78 is 27.2. The Kier molecular flexibility index (Phi) is 5.03. The van der Waals surface area contributed by atoms with E-state index in [4.69, 9.17) is 5.26 Å². The molecule has 3 rings (SSSR count). The van der Waals surface area contributed by atoms with E-state index in [1.165, 1.54) is 24.3 Å². The van der Waals surface area contributed by atoms with E-state index in [1.807, 2.05) is 42.8 Å². The number of hydrogen-bond acceptors (Lipinski definition) is 5. The van der Waals surface area contributed by atoms with Crippen LogP contribution in [0.1, 0.15) is 32.7 Å². The lowest BCUT2D eigenvalue weighted by Gasteiger charge is -2.08. The van der Waals surface area contributed by atoms with Crippen molar-refractivity contribution in [3.05, 3.63) is 70.4 Å². The highest BCUT2D eigenvalue weighted by Gasteiger charge is 2.22. The van der Waals surface area contributed by atoms with E-state index in [9.17, 15) is 13.2 Å². The Hall–Kier alpha value is -3.44. The molecule has 0 aliphatic heterocycles. The zero-order chi connectivity index (χ0) is 20.5. The van der Waals surface area contributed by atoms with Gasteiger partial charge in [-0.05, 0) is 50.1 Å². The van der Waals surface area contributed by atoms with E-state index in [0.29, 0.717) is 11.3 Å². The topological polar surface area (TPSA) is 116 Å². The second-order valence-corrected chi connectivity index (χ2v) is 8.16. The summed E-state index contributed by atoms with van der Waals surface area (Å²) in [6, 6.07) is 13.5. The number of nitrogens with one attached hydrogen (secondary N) is 2. The quantitative estimate of drug-likeness (QED) is 0.706. The molecular weight excluding hydrogens is 376 g/mol. The van der Waals surface area contributed by atoms with Crippen molar-refractivity contribution in [1.82, 2.24) is 14.9 Å². The number of H-pyrrole nitrogens is 1. The molecule has 0 aliphatic rings. The number of nitrogens with zero attached hydrogens (tertiary/aromatic N) is 2. The largest absolute Gasteiger partial charge is 0.283 e. The molecule has 142 valence electrons. The minimum Gasteiger partial charge on any atom is -0.272 e. The summed E-state index contributed by atoms with van der Waals surface area (Å²) >= 11 is 0. The summed E-state index contributed by atoms with van der Waals surface area (Å²) in [5.41, 5.74) is 4.14. The molecule has 8 heteroatoms. The van der Waals surface area contributed by atoms with E-state index in [1.54, 1.807) is 6.92 Å². The Morgan fingerprint density at radius 2 is 1.82 bits per heavy atom. The van der Waals surface area contributed by atoms with E-state index >= 15 is 0 Å². The lowest BCUT2D eigenvalue weighted by molar-refractivity contribution is 0.0976. The molecule has 0 radical (unpaired) electrons. The predicted molar refractivity (Wildman–Crippen MR) is 104 cm³/mol. The molecule has 0 spiro atoms. The van der Waals surface area contributed by atoms with Crippen LogP contribution in [0.15, 0.2) is 47.4 Å². The Morgan fingerprint density at radius 1 is 1.07 bits per heavy atom. The normalized spacial score (nSPS) is 11.1. The average molecular weight is 394 g/mol. The molecule has 1 amide bonds. The molecule has 7 nitrogen and oxygen atoms in total. The van der Waals surface area contributed by atoms with Crippen LogP contribution >= 0.6 is 0 Å². The Labute approximate surface area is 163 Å². The molecule has 0 fully saturated rings. The number of sulfonamides is 1. The summed E-state index contributed by atoms with van der Waals surface area (Å²) in [5, 5.41) is 15.7. The van der Waals surface area contributed by atoms with Gasteiger partial charge in [-0.15, -0.1) is 0 Å². The van der Waals surface area contributed by atoms with Gasteiger partial charge in [0.05, 0.1) is 22.2 Å². The van der Waals surface area contributed by atoms with Crippen LogP contribution in [0.25, 0.3) is 11.3 Å². The van der Waals surface area contributed by atoms with Crippen LogP contribution in [-0.2, 0) is 10.0 Å². The van der Waals surface area contributed by atoms with Crippen molar-refractivity contribution in [2.75, 3.05) is 0 Å². The molecule has 0 saturated heterocycles. The first-order chi connectivity index (χ1) is 13.2. The average Bonchev–Trinajstić information content (AvgIpc) is 3.11. The summed E-state index contributed by atoms with van der Waals surface area (Å²) in [4.78, 5) is 12.3. The van der Waals surface area contributed by atoms with Gasteiger partial charge >= 0.3 is 0 Å². The smallest absolute Gasteiger partial charge is 0.272 e. The zero-order valence-electron chi connectivity index (χ0n) is 15.6. The van der Waals surface area contributed by atoms with Crippen LogP contribution in [0.5, 0.6) is 0 Å². The Balaban J connectivity index is 1.88. The van der Waals surface area contributed by atoms with Crippen LogP contribution in [0.2, 0.25) is 0 Å². The van der Waals surface area contributed by atoms with Gasteiger partial charge < -0.3 is 0 Å². The zero-order valence-corrected chi connectivity index (χ0v) is 16.4. The first-order valence-electron chi connectivity index (χ1n) is 8.42. The number of nitriles is 1. The van der Waals surface area contributed by atoms with Crippen LogP contribution in [0.3, 0.4) is 0 Å². The van der Waals surface area contributed by atoms with E-state index in [0.717, 1.165) is 16.7 Å². The Morgan fingerprint density at radius 3 is 2.50 bits per heavy atom. The van der Waals surface area contributed by atoms with Crippen molar-refractivity contribution in [2.24, 2.45) is 0 Å². The minimum atomic E-state index is -4.14. The Bertz CT molecular complexity index is 1220. The van der Waals surface area contributed by atoms with Crippen LogP contribution in [0, 0.1) is 32.1 Å². The minimum absolute atomic E-state index is 0.0210. The molecule has 0 unspecified atom stereocenters. The molecule has 3 aromatic rings. The van der Waals surface area contributed by atoms with Crippen LogP contribution in [0.4, 0.5) is 0 Å². The van der Waals surface area contributed by atoms with Gasteiger partial charge in [-0.25, -0.2) is 13.1 Å². The number of amides is 1. The SMILES string of the molecule is Cc1ccc(-c2cc(C(=O)NS(=O)(=O)c3cc(C#N)ccc3C)[nH]n2)c(C)c1. The highest BCUT2D eigenvalue weighted by Crippen LogP contribution is 2.23. The first kappa shape index (κ1) is 19.3. The molecule has 0 atom stereocenters. The van der Waals surface area contributed by atoms with Crippen molar-refractivity contribution in [3.63, 3.8) is 0 Å². The maximum atomic E-state index is 12.6. The number of aryl methyl sites for hydroxylation is 3. The molecule has 1 heterocycles. The maximum absolute atomic E-state index is 12.6. The van der Waals surface area contributed by atoms with Crippen molar-refractivity contribution >= 4 is 15.9 Å². The summed E-state index contributed by atoms with van der Waals surface area (Å²) in [7, 11) is -4.14. The molecule has 0 saturated carbocycles. The number of carbonyl (C=O) groups excluding carboxylic acids is 1. The standard InChI is InChI=1S/C20H18N4O3S/c1-12-4-7-16(14(3)8-12)17-10-18(23-22-17)20(25)24-28(26,27)19-9-15(11-21)6-5-13(19)2/h4-10H,1-3H3,(H,22,23)(H,24,25). The van der Waals surface area contributed by atoms with Crippen molar-refractivity contribution in [1.29, 1.82) is 5.26 Å². The summed E-state index contributed by atoms with van der Waals surface area (Å²) in [6.45, 7) is 5.51. The van der Waals surface area contributed by atoms with E-state index in [2.05, 4.69) is 10.2 Å². The monoisotopic (exact) mass is 394 g/mol. The fourth-order valence-corrected chi connectivity index (χ4v) is 4.11. The number of aromatic amines is 1. The van der Waals surface area contributed by atoms with Crippen molar-refractivity contribution in [3.8, 4) is 17.3 Å². The van der Waals surface area contributed by atoms with Gasteiger partial charge in [0.2, 0.25) is 0 Å². The van der Waals surface area contributed by atoms with E-state index in [-0.39, 0.29) is 16.2 Å². The lowest BCUT2D eigenvalue weighted by atomic mass is 10.0. The molecule has 2 N–H and O–H groups in total. The molecule has 0 bridgehead atoms. The van der Waals surface area contributed by atoms with Gasteiger partial charge in [0.15, 0.2) is 0 Å². The molecule has 1 aromatic heterocycles. The third-order valence-corrected chi connectivity index (χ3v) is 5.79. The molecule has 2 aromatic carbocycles. The second kappa shape index (κ2) is 7.29. The first-order valence-corrected chi connectivity index (χ1v) is 9.90. The highest BCUT2D eigenvalue weighted by molar-refractivity contribution is 7.90. The molecule has 0 aliphatic carbocycles. The van der Waals surface area contributed by atoms with Crippen LogP contribution < -0.4 is 4.72 Å². The predicted octanol–water partition coefficient (Wildman–Crippen LogP) is 2.99. The third kappa shape index (κ3) is 3.80. The number of rotatable bonds is 4. The number of hydrogen-bond donors (Lipinski definition) is 2. The third-order valence-electron chi connectivity index (χ3n) is 4.31. The van der Waals surface area contributed by atoms with Crippen molar-refractivity contribution in [2.45, 2.75) is 25.7 Å². The van der Waals surface area contributed by atoms with Gasteiger partial charge in [-0.2, -0.15) is 10.4 Å². The molecule has 28 heavy (non-hydrogen) atoms. The number of aromatic nitrogens is 2. The van der Waals surface area contributed by atoms with Gasteiger partial charge in [0, 0.05) is 5.56 Å². The maximum Gasteiger partial charge on any atom is 0.283 e. The van der Waals surface area contributed by atoms with Gasteiger partial charge in [0.1, 0.15) is 5.69 Å². The summed E-state index contributed by atoms with van der Waals surface area (Å²) in [6.07, 6.45) is 0. The fraction of sp³-hybridized carbons (Fsp3) is 0.150. The van der Waals surface area contributed by atoms with E-state index < -0.39 is 15.9 Å². The number of carbonyl (C=O) groups is 1. The summed E-state index contributed by atoms with van der Waals surface area (Å²) in [5.74, 6) is -0.828. The van der Waals surface area contributed by atoms with Gasteiger partial charge in [-0.1, -0.05) is 29.8 Å². The molecular formula is C20H18N4O3S.